The van der Waals surface area contributed by atoms with Crippen molar-refractivity contribution in [3.8, 4) is 11.1 Å². The van der Waals surface area contributed by atoms with Crippen molar-refractivity contribution in [1.82, 2.24) is 0 Å². The summed E-state index contributed by atoms with van der Waals surface area (Å²) < 4.78 is 0. The molecule has 0 saturated heterocycles. The smallest absolute Gasteiger partial charge is 0.0184 e. The van der Waals surface area contributed by atoms with Gasteiger partial charge in [0, 0.05) is 0 Å². The van der Waals surface area contributed by atoms with Crippen molar-refractivity contribution in [2.24, 2.45) is 17.8 Å². The molecule has 0 radical (unpaired) electrons. The quantitative estimate of drug-likeness (QED) is 0.364. The molecule has 1 aliphatic carbocycles. The number of hydrogen-bond acceptors (Lipinski definition) is 0. The Kier molecular flexibility index (Phi) is 8.65. The molecule has 0 aliphatic heterocycles. The minimum atomic E-state index is 0.813. The Morgan fingerprint density at radius 3 is 2.07 bits per heavy atom. The van der Waals surface area contributed by atoms with Gasteiger partial charge in [-0.2, -0.15) is 0 Å². The van der Waals surface area contributed by atoms with Gasteiger partial charge in [0.15, 0.2) is 0 Å². The topological polar surface area (TPSA) is 0 Å². The lowest BCUT2D eigenvalue weighted by atomic mass is 9.73. The van der Waals surface area contributed by atoms with E-state index < -0.39 is 0 Å². The van der Waals surface area contributed by atoms with Gasteiger partial charge in [-0.3, -0.25) is 0 Å². The van der Waals surface area contributed by atoms with Crippen LogP contribution < -0.4 is 0 Å². The summed E-state index contributed by atoms with van der Waals surface area (Å²) in [5, 5.41) is 0. The van der Waals surface area contributed by atoms with Crippen LogP contribution in [0.3, 0.4) is 0 Å². The Labute approximate surface area is 173 Å². The first-order valence-corrected chi connectivity index (χ1v) is 11.9. The van der Waals surface area contributed by atoms with Gasteiger partial charge in [-0.15, -0.1) is 0 Å². The Balaban J connectivity index is 1.40. The van der Waals surface area contributed by atoms with Gasteiger partial charge in [0.05, 0.1) is 0 Å². The fourth-order valence-corrected chi connectivity index (χ4v) is 5.08. The van der Waals surface area contributed by atoms with Gasteiger partial charge in [-0.05, 0) is 53.7 Å². The van der Waals surface area contributed by atoms with E-state index in [4.69, 9.17) is 0 Å². The van der Waals surface area contributed by atoms with Crippen LogP contribution in [0, 0.1) is 17.8 Å². The molecule has 2 aromatic rings. The van der Waals surface area contributed by atoms with E-state index in [9.17, 15) is 0 Å². The van der Waals surface area contributed by atoms with Gasteiger partial charge < -0.3 is 0 Å². The maximum Gasteiger partial charge on any atom is -0.0184 e. The lowest BCUT2D eigenvalue weighted by Gasteiger charge is -2.32. The van der Waals surface area contributed by atoms with Crippen LogP contribution in [-0.2, 0) is 6.42 Å². The molecule has 1 unspecified atom stereocenters. The van der Waals surface area contributed by atoms with Crippen molar-refractivity contribution in [3.63, 3.8) is 0 Å². The molecule has 0 bridgehead atoms. The van der Waals surface area contributed by atoms with Crippen molar-refractivity contribution in [3.05, 3.63) is 60.2 Å². The van der Waals surface area contributed by atoms with Gasteiger partial charge in [-0.1, -0.05) is 120 Å². The van der Waals surface area contributed by atoms with E-state index in [2.05, 4.69) is 68.4 Å². The summed E-state index contributed by atoms with van der Waals surface area (Å²) in [6.45, 7) is 4.79. The molecular formula is C28H40. The molecule has 152 valence electrons. The molecule has 28 heavy (non-hydrogen) atoms. The monoisotopic (exact) mass is 376 g/mol. The first-order chi connectivity index (χ1) is 13.8. The number of benzene rings is 2. The van der Waals surface area contributed by atoms with Crippen LogP contribution in [0.1, 0.15) is 83.6 Å². The first-order valence-electron chi connectivity index (χ1n) is 11.9. The van der Waals surface area contributed by atoms with E-state index in [1.54, 1.807) is 0 Å². The Morgan fingerprint density at radius 2 is 1.39 bits per heavy atom. The Hall–Kier alpha value is -1.56. The van der Waals surface area contributed by atoms with E-state index in [0.29, 0.717) is 0 Å². The highest BCUT2D eigenvalue weighted by atomic mass is 14.3. The molecule has 1 saturated carbocycles. The summed E-state index contributed by atoms with van der Waals surface area (Å²) in [4.78, 5) is 0. The molecule has 0 heterocycles. The minimum absolute atomic E-state index is 0.813. The molecule has 0 heteroatoms. The second kappa shape index (κ2) is 11.4. The first kappa shape index (κ1) is 21.2. The van der Waals surface area contributed by atoms with Crippen molar-refractivity contribution in [2.75, 3.05) is 0 Å². The summed E-state index contributed by atoms with van der Waals surface area (Å²) in [5.74, 6) is 2.77. The van der Waals surface area contributed by atoms with E-state index in [1.165, 1.54) is 87.3 Å². The summed E-state index contributed by atoms with van der Waals surface area (Å²) in [5.41, 5.74) is 4.15. The third-order valence-corrected chi connectivity index (χ3v) is 7.03. The molecule has 0 N–H and O–H groups in total. The number of rotatable bonds is 10. The molecule has 1 aliphatic rings. The standard InChI is InChI=1S/C28H40/c1-3-4-5-6-8-11-24-14-18-26(19-15-24)23(2)22-25-16-20-28(21-17-25)27-12-9-7-10-13-27/h7,9-10,12-13,16-17,20-21,23-24,26H,3-6,8,11,14-15,18-19,22H2,1-2H3. The van der Waals surface area contributed by atoms with Crippen LogP contribution in [0.15, 0.2) is 54.6 Å². The molecule has 0 nitrogen and oxygen atoms in total. The van der Waals surface area contributed by atoms with Crippen molar-refractivity contribution in [2.45, 2.75) is 84.5 Å². The van der Waals surface area contributed by atoms with Crippen LogP contribution >= 0.6 is 0 Å². The zero-order valence-electron chi connectivity index (χ0n) is 18.2. The fraction of sp³-hybridized carbons (Fsp3) is 0.571. The van der Waals surface area contributed by atoms with Gasteiger partial charge in [0.1, 0.15) is 0 Å². The Bertz CT molecular complexity index is 646. The summed E-state index contributed by atoms with van der Waals surface area (Å²) in [6.07, 6.45) is 15.8. The summed E-state index contributed by atoms with van der Waals surface area (Å²) in [6, 6.07) is 20.0. The third kappa shape index (κ3) is 6.50. The highest BCUT2D eigenvalue weighted by Crippen LogP contribution is 2.37. The van der Waals surface area contributed by atoms with Crippen LogP contribution in [0.4, 0.5) is 0 Å². The zero-order valence-corrected chi connectivity index (χ0v) is 18.2. The molecule has 1 atom stereocenters. The predicted octanol–water partition coefficient (Wildman–Crippen LogP) is 8.70. The van der Waals surface area contributed by atoms with Crippen LogP contribution in [-0.4, -0.2) is 0 Å². The number of hydrogen-bond donors (Lipinski definition) is 0. The van der Waals surface area contributed by atoms with E-state index >= 15 is 0 Å². The molecular weight excluding hydrogens is 336 g/mol. The van der Waals surface area contributed by atoms with Crippen LogP contribution in [0.2, 0.25) is 0 Å². The molecule has 0 aromatic heterocycles. The third-order valence-electron chi connectivity index (χ3n) is 7.03. The van der Waals surface area contributed by atoms with Gasteiger partial charge >= 0.3 is 0 Å². The lowest BCUT2D eigenvalue weighted by Crippen LogP contribution is -2.21. The van der Waals surface area contributed by atoms with Crippen LogP contribution in [0.25, 0.3) is 11.1 Å². The largest absolute Gasteiger partial charge is 0.0654 e. The zero-order chi connectivity index (χ0) is 19.6. The summed E-state index contributed by atoms with van der Waals surface area (Å²) >= 11 is 0. The lowest BCUT2D eigenvalue weighted by molar-refractivity contribution is 0.204. The highest BCUT2D eigenvalue weighted by molar-refractivity contribution is 5.63. The average molecular weight is 377 g/mol. The van der Waals surface area contributed by atoms with Crippen molar-refractivity contribution < 1.29 is 0 Å². The number of unbranched alkanes of at least 4 members (excludes halogenated alkanes) is 4. The van der Waals surface area contributed by atoms with Gasteiger partial charge in [0.2, 0.25) is 0 Å². The van der Waals surface area contributed by atoms with E-state index in [-0.39, 0.29) is 0 Å². The Morgan fingerprint density at radius 1 is 0.750 bits per heavy atom. The maximum absolute atomic E-state index is 2.49. The van der Waals surface area contributed by atoms with Crippen molar-refractivity contribution in [1.29, 1.82) is 0 Å². The van der Waals surface area contributed by atoms with Gasteiger partial charge in [0.25, 0.3) is 0 Å². The molecule has 3 rings (SSSR count). The highest BCUT2D eigenvalue weighted by Gasteiger charge is 2.25. The van der Waals surface area contributed by atoms with E-state index in [0.717, 1.165) is 17.8 Å². The summed E-state index contributed by atoms with van der Waals surface area (Å²) in [7, 11) is 0. The minimum Gasteiger partial charge on any atom is -0.0654 e. The molecule has 0 spiro atoms. The predicted molar refractivity (Wildman–Crippen MR) is 124 cm³/mol. The van der Waals surface area contributed by atoms with Crippen molar-refractivity contribution >= 4 is 0 Å². The van der Waals surface area contributed by atoms with E-state index in [1.807, 2.05) is 0 Å². The second-order valence-corrected chi connectivity index (χ2v) is 9.23. The molecule has 0 amide bonds. The molecule has 1 fully saturated rings. The average Bonchev–Trinajstić information content (AvgIpc) is 2.75. The van der Waals surface area contributed by atoms with Gasteiger partial charge in [-0.25, -0.2) is 0 Å². The maximum atomic E-state index is 2.49. The SMILES string of the molecule is CCCCCCCC1CCC(C(C)Cc2ccc(-c3ccccc3)cc2)CC1. The second-order valence-electron chi connectivity index (χ2n) is 9.23. The fourth-order valence-electron chi connectivity index (χ4n) is 5.08. The molecule has 2 aromatic carbocycles. The normalized spacial score (nSPS) is 20.8. The van der Waals surface area contributed by atoms with Crippen LogP contribution in [0.5, 0.6) is 0 Å².